The van der Waals surface area contributed by atoms with Gasteiger partial charge in [0.05, 0.1) is 27.2 Å². The molecule has 0 radical (unpaired) electrons. The van der Waals surface area contributed by atoms with Crippen molar-refractivity contribution in [2.75, 3.05) is 34.3 Å². The Labute approximate surface area is 212 Å². The van der Waals surface area contributed by atoms with E-state index in [0.29, 0.717) is 38.9 Å². The van der Waals surface area contributed by atoms with E-state index in [1.165, 1.54) is 0 Å². The summed E-state index contributed by atoms with van der Waals surface area (Å²) >= 11 is 11.9. The van der Waals surface area contributed by atoms with E-state index in [1.807, 2.05) is 45.2 Å². The quantitative estimate of drug-likeness (QED) is 0.387. The van der Waals surface area contributed by atoms with Crippen LogP contribution in [-0.4, -0.2) is 35.7 Å². The second-order valence-electron chi connectivity index (χ2n) is 6.72. The molecule has 3 aromatic rings. The smallest absolute Gasteiger partial charge is 0.255 e. The highest BCUT2D eigenvalue weighted by atomic mass is 35.5. The van der Waals surface area contributed by atoms with Crippen LogP contribution in [0.3, 0.4) is 0 Å². The molecule has 0 aliphatic carbocycles. The summed E-state index contributed by atoms with van der Waals surface area (Å²) in [5, 5.41) is 6.70. The number of hydrogen-bond donors (Lipinski definition) is 2. The van der Waals surface area contributed by atoms with Crippen LogP contribution in [0.5, 0.6) is 0 Å². The van der Waals surface area contributed by atoms with Crippen molar-refractivity contribution in [2.24, 2.45) is 0 Å². The Morgan fingerprint density at radius 3 is 2.24 bits per heavy atom. The summed E-state index contributed by atoms with van der Waals surface area (Å²) in [7, 11) is 0.900. The Morgan fingerprint density at radius 1 is 1.00 bits per heavy atom. The van der Waals surface area contributed by atoms with Crippen LogP contribution in [0, 0.1) is 0 Å². The number of rotatable bonds is 5. The molecule has 1 aliphatic rings. The van der Waals surface area contributed by atoms with E-state index in [4.69, 9.17) is 23.2 Å². The summed E-state index contributed by atoms with van der Waals surface area (Å²) in [5.41, 5.74) is 3.36. The third-order valence-electron chi connectivity index (χ3n) is 4.65. The molecule has 180 valence electrons. The van der Waals surface area contributed by atoms with Gasteiger partial charge in [0.25, 0.3) is 5.91 Å². The minimum Gasteiger partial charge on any atom is -0.388 e. The molecule has 1 amide bonds. The first kappa shape index (κ1) is 27.4. The van der Waals surface area contributed by atoms with Gasteiger partial charge in [-0.15, -0.1) is 0 Å². The average molecular weight is 520 g/mol. The molecule has 0 saturated carbocycles. The summed E-state index contributed by atoms with van der Waals surface area (Å²) in [6.45, 7) is 4.78. The van der Waals surface area contributed by atoms with Crippen LogP contribution in [0.25, 0.3) is 0 Å². The fourth-order valence-corrected chi connectivity index (χ4v) is 4.08. The number of hydrogen-bond acceptors (Lipinski definition) is 4. The van der Waals surface area contributed by atoms with Crippen molar-refractivity contribution in [2.45, 2.75) is 13.8 Å². The van der Waals surface area contributed by atoms with Gasteiger partial charge in [0, 0.05) is 30.4 Å². The van der Waals surface area contributed by atoms with Gasteiger partial charge in [-0.3, -0.25) is 13.9 Å². The predicted octanol–water partition coefficient (Wildman–Crippen LogP) is 6.30. The largest absolute Gasteiger partial charge is 0.388 e. The molecular weight excluding hydrogens is 493 g/mol. The zero-order valence-corrected chi connectivity index (χ0v) is 21.5. The fraction of sp³-hybridized carbons (Fsp3) is 0.200. The summed E-state index contributed by atoms with van der Waals surface area (Å²) in [6, 6.07) is 19.5. The third-order valence-corrected chi connectivity index (χ3v) is 6.73. The molecule has 0 spiro atoms. The average Bonchev–Trinajstić information content (AvgIpc) is 2.86. The molecule has 0 bridgehead atoms. The van der Waals surface area contributed by atoms with Crippen LogP contribution in [0.4, 0.5) is 17.1 Å². The molecule has 1 saturated heterocycles. The van der Waals surface area contributed by atoms with Gasteiger partial charge in [-0.2, -0.15) is 0 Å². The van der Waals surface area contributed by atoms with Crippen LogP contribution in [0.2, 0.25) is 10.0 Å². The van der Waals surface area contributed by atoms with E-state index >= 15 is 0 Å². The van der Waals surface area contributed by atoms with Crippen molar-refractivity contribution in [1.29, 1.82) is 0 Å². The molecule has 2 N–H and O–H groups in total. The minimum atomic E-state index is -0.911. The first-order valence-electron chi connectivity index (χ1n) is 10.7. The number of nitrogens with zero attached hydrogens (tertiary/aromatic N) is 1. The highest BCUT2D eigenvalue weighted by Gasteiger charge is 2.24. The molecule has 1 heterocycles. The van der Waals surface area contributed by atoms with Crippen molar-refractivity contribution in [3.05, 3.63) is 87.9 Å². The van der Waals surface area contributed by atoms with E-state index in [1.54, 1.807) is 46.8 Å². The van der Waals surface area contributed by atoms with Crippen LogP contribution >= 0.6 is 23.2 Å². The summed E-state index contributed by atoms with van der Waals surface area (Å²) in [6.07, 6.45) is 0.708. The summed E-state index contributed by atoms with van der Waals surface area (Å²) in [4.78, 5) is 22.5. The minimum absolute atomic E-state index is 0.175. The lowest BCUT2D eigenvalue weighted by atomic mass is 10.2. The van der Waals surface area contributed by atoms with Gasteiger partial charge in [-0.05, 0) is 48.5 Å². The van der Waals surface area contributed by atoms with Gasteiger partial charge in [0.2, 0.25) is 0 Å². The Hall–Kier alpha value is -2.87. The zero-order valence-electron chi connectivity index (χ0n) is 19.2. The first-order valence-corrected chi connectivity index (χ1v) is 12.7. The SMILES string of the molecule is CC.CNc1ccc(Cl)c(NC(=O)c2ccccc2)c1.O=Cc1ccc(N2CCS2=O)cc1Cl. The number of carbonyl (C=O) groups is 2. The van der Waals surface area contributed by atoms with Gasteiger partial charge >= 0.3 is 0 Å². The van der Waals surface area contributed by atoms with E-state index < -0.39 is 11.0 Å². The molecule has 4 rings (SSSR count). The number of amides is 1. The predicted molar refractivity (Wildman–Crippen MR) is 144 cm³/mol. The molecule has 1 aliphatic heterocycles. The number of anilines is 3. The molecular formula is C25H27Cl2N3O3S. The van der Waals surface area contributed by atoms with Crippen molar-refractivity contribution in [1.82, 2.24) is 0 Å². The number of carbonyl (C=O) groups excluding carboxylic acids is 2. The highest BCUT2D eigenvalue weighted by molar-refractivity contribution is 7.88. The van der Waals surface area contributed by atoms with Gasteiger partial charge in [0.1, 0.15) is 11.0 Å². The lowest BCUT2D eigenvalue weighted by molar-refractivity contribution is 0.102. The van der Waals surface area contributed by atoms with Gasteiger partial charge in [0.15, 0.2) is 6.29 Å². The van der Waals surface area contributed by atoms with Crippen molar-refractivity contribution < 1.29 is 13.8 Å². The molecule has 3 aromatic carbocycles. The summed E-state index contributed by atoms with van der Waals surface area (Å²) < 4.78 is 13.0. The molecule has 1 fully saturated rings. The van der Waals surface area contributed by atoms with Crippen molar-refractivity contribution in [3.63, 3.8) is 0 Å². The maximum Gasteiger partial charge on any atom is 0.255 e. The van der Waals surface area contributed by atoms with E-state index in [2.05, 4.69) is 10.6 Å². The normalized spacial score (nSPS) is 13.8. The fourth-order valence-electron chi connectivity index (χ4n) is 2.83. The zero-order chi connectivity index (χ0) is 25.1. The van der Waals surface area contributed by atoms with Crippen molar-refractivity contribution >= 4 is 63.4 Å². The second-order valence-corrected chi connectivity index (χ2v) is 9.02. The molecule has 1 atom stereocenters. The molecule has 1 unspecified atom stereocenters. The number of aldehydes is 1. The Morgan fingerprint density at radius 2 is 1.71 bits per heavy atom. The molecule has 0 aromatic heterocycles. The topological polar surface area (TPSA) is 78.5 Å². The monoisotopic (exact) mass is 519 g/mol. The van der Waals surface area contributed by atoms with Gasteiger partial charge < -0.3 is 10.6 Å². The van der Waals surface area contributed by atoms with Gasteiger partial charge in [-0.25, -0.2) is 4.21 Å². The number of halogens is 2. The lowest BCUT2D eigenvalue weighted by Crippen LogP contribution is -2.42. The Bertz CT molecular complexity index is 1140. The highest BCUT2D eigenvalue weighted by Crippen LogP contribution is 2.27. The Kier molecular flexibility index (Phi) is 11.1. The van der Waals surface area contributed by atoms with Crippen LogP contribution < -0.4 is 14.9 Å². The Balaban J connectivity index is 0.000000230. The van der Waals surface area contributed by atoms with E-state index in [-0.39, 0.29) is 5.91 Å². The maximum atomic E-state index is 12.0. The second kappa shape index (κ2) is 13.7. The number of benzene rings is 3. The summed E-state index contributed by atoms with van der Waals surface area (Å²) in [5.74, 6) is 0.526. The van der Waals surface area contributed by atoms with E-state index in [9.17, 15) is 13.8 Å². The van der Waals surface area contributed by atoms with Crippen LogP contribution in [0.15, 0.2) is 66.7 Å². The van der Waals surface area contributed by atoms with E-state index in [0.717, 1.165) is 17.9 Å². The molecule has 34 heavy (non-hydrogen) atoms. The molecule has 6 nitrogen and oxygen atoms in total. The third kappa shape index (κ3) is 7.32. The van der Waals surface area contributed by atoms with Gasteiger partial charge in [-0.1, -0.05) is 55.2 Å². The lowest BCUT2D eigenvalue weighted by Gasteiger charge is -2.31. The van der Waals surface area contributed by atoms with Crippen molar-refractivity contribution in [3.8, 4) is 0 Å². The standard InChI is InChI=1S/C14H13ClN2O.C9H8ClNO2S.C2H6/c1-16-11-7-8-12(15)13(9-11)17-14(18)10-5-3-2-4-6-10;10-9-5-8(2-1-7(9)6-12)11-3-4-14(11)13;1-2/h2-9,16H,1H3,(H,17,18);1-2,5-6H,3-4H2;1-2H3. The first-order chi connectivity index (χ1) is 16.4. The maximum absolute atomic E-state index is 12.0. The number of nitrogens with one attached hydrogen (secondary N) is 2. The van der Waals surface area contributed by atoms with Crippen LogP contribution in [0.1, 0.15) is 34.6 Å². The molecule has 9 heteroatoms. The van der Waals surface area contributed by atoms with Crippen LogP contribution in [-0.2, 0) is 11.0 Å².